The second kappa shape index (κ2) is 7.02. The standard InChI is InChI=1S/C21H22ClN3O3/c1-21(2,28-15-9-7-13(22)8-10-15)20(27)23-14-11-18-19(26)24-16-5-3-4-6-17(16)25(18)12-14/h3-10,14,18H,11-12H2,1-2H3,(H,23,27)(H,24,26). The molecule has 2 amide bonds. The van der Waals surface area contributed by atoms with E-state index in [1.54, 1.807) is 38.1 Å². The van der Waals surface area contributed by atoms with Crippen molar-refractivity contribution in [2.45, 2.75) is 38.0 Å². The quantitative estimate of drug-likeness (QED) is 0.828. The highest BCUT2D eigenvalue weighted by molar-refractivity contribution is 6.30. The molecule has 0 aromatic heterocycles. The number of rotatable bonds is 4. The van der Waals surface area contributed by atoms with E-state index in [4.69, 9.17) is 16.3 Å². The van der Waals surface area contributed by atoms with Gasteiger partial charge in [-0.05, 0) is 56.7 Å². The number of nitrogens with zero attached hydrogens (tertiary/aromatic N) is 1. The molecule has 1 fully saturated rings. The Hall–Kier alpha value is -2.73. The van der Waals surface area contributed by atoms with Crippen LogP contribution in [0.25, 0.3) is 0 Å². The lowest BCUT2D eigenvalue weighted by Crippen LogP contribution is -2.50. The summed E-state index contributed by atoms with van der Waals surface area (Å²) in [7, 11) is 0. The third kappa shape index (κ3) is 3.52. The SMILES string of the molecule is CC(C)(Oc1ccc(Cl)cc1)C(=O)NC1CC2C(=O)Nc3ccccc3N2C1. The number of fused-ring (bicyclic) bond motifs is 3. The Balaban J connectivity index is 1.44. The summed E-state index contributed by atoms with van der Waals surface area (Å²) in [5.41, 5.74) is 0.736. The topological polar surface area (TPSA) is 70.7 Å². The number of para-hydroxylation sites is 2. The molecule has 0 spiro atoms. The zero-order chi connectivity index (χ0) is 19.9. The molecule has 2 aromatic carbocycles. The fourth-order valence-corrected chi connectivity index (χ4v) is 3.83. The number of anilines is 2. The van der Waals surface area contributed by atoms with Gasteiger partial charge in [0.2, 0.25) is 5.91 Å². The number of carbonyl (C=O) groups is 2. The van der Waals surface area contributed by atoms with Gasteiger partial charge in [-0.15, -0.1) is 0 Å². The van der Waals surface area contributed by atoms with Gasteiger partial charge in [0.1, 0.15) is 11.8 Å². The summed E-state index contributed by atoms with van der Waals surface area (Å²) < 4.78 is 5.86. The molecule has 0 saturated carbocycles. The Labute approximate surface area is 168 Å². The van der Waals surface area contributed by atoms with E-state index in [2.05, 4.69) is 15.5 Å². The Bertz CT molecular complexity index is 913. The first-order valence-electron chi connectivity index (χ1n) is 9.25. The summed E-state index contributed by atoms with van der Waals surface area (Å²) in [5.74, 6) is 0.315. The van der Waals surface area contributed by atoms with E-state index in [0.29, 0.717) is 23.7 Å². The maximum atomic E-state index is 12.8. The molecule has 0 bridgehead atoms. The summed E-state index contributed by atoms with van der Waals surface area (Å²) in [6.07, 6.45) is 0.558. The molecule has 4 rings (SSSR count). The minimum atomic E-state index is -1.06. The number of nitrogens with one attached hydrogen (secondary N) is 2. The average molecular weight is 400 g/mol. The van der Waals surface area contributed by atoms with Crippen LogP contribution in [0.5, 0.6) is 5.75 Å². The predicted octanol–water partition coefficient (Wildman–Crippen LogP) is 3.21. The van der Waals surface area contributed by atoms with E-state index >= 15 is 0 Å². The minimum Gasteiger partial charge on any atom is -0.478 e. The lowest BCUT2D eigenvalue weighted by Gasteiger charge is -2.32. The van der Waals surface area contributed by atoms with Crippen LogP contribution in [-0.2, 0) is 9.59 Å². The Morgan fingerprint density at radius 2 is 1.93 bits per heavy atom. The Kier molecular flexibility index (Phi) is 4.67. The van der Waals surface area contributed by atoms with Crippen LogP contribution in [0.3, 0.4) is 0 Å². The highest BCUT2D eigenvalue weighted by Gasteiger charge is 2.42. The second-order valence-corrected chi connectivity index (χ2v) is 8.08. The molecular formula is C21H22ClN3O3. The largest absolute Gasteiger partial charge is 0.478 e. The van der Waals surface area contributed by atoms with Gasteiger partial charge in [-0.25, -0.2) is 0 Å². The average Bonchev–Trinajstić information content (AvgIpc) is 3.08. The molecule has 146 valence electrons. The molecule has 2 aliphatic rings. The van der Waals surface area contributed by atoms with E-state index in [1.165, 1.54) is 0 Å². The lowest BCUT2D eigenvalue weighted by molar-refractivity contribution is -0.135. The minimum absolute atomic E-state index is 0.0351. The smallest absolute Gasteiger partial charge is 0.263 e. The van der Waals surface area contributed by atoms with Gasteiger partial charge in [0.25, 0.3) is 5.91 Å². The lowest BCUT2D eigenvalue weighted by atomic mass is 10.1. The van der Waals surface area contributed by atoms with Crippen molar-refractivity contribution in [3.05, 3.63) is 53.6 Å². The molecule has 0 aliphatic carbocycles. The zero-order valence-electron chi connectivity index (χ0n) is 15.7. The van der Waals surface area contributed by atoms with E-state index < -0.39 is 5.60 Å². The third-order valence-corrected chi connectivity index (χ3v) is 5.40. The van der Waals surface area contributed by atoms with Crippen LogP contribution in [0.15, 0.2) is 48.5 Å². The predicted molar refractivity (Wildman–Crippen MR) is 109 cm³/mol. The molecule has 2 N–H and O–H groups in total. The summed E-state index contributed by atoms with van der Waals surface area (Å²) in [6.45, 7) is 4.03. The molecule has 2 atom stereocenters. The van der Waals surface area contributed by atoms with Crippen LogP contribution in [0, 0.1) is 0 Å². The van der Waals surface area contributed by atoms with Gasteiger partial charge in [0, 0.05) is 17.6 Å². The first-order chi connectivity index (χ1) is 13.3. The van der Waals surface area contributed by atoms with Crippen molar-refractivity contribution in [3.8, 4) is 5.75 Å². The molecule has 7 heteroatoms. The number of hydrogen-bond acceptors (Lipinski definition) is 4. The van der Waals surface area contributed by atoms with Gasteiger partial charge in [-0.1, -0.05) is 23.7 Å². The number of amides is 2. The summed E-state index contributed by atoms with van der Waals surface area (Å²) in [4.78, 5) is 27.3. The first kappa shape index (κ1) is 18.6. The maximum Gasteiger partial charge on any atom is 0.263 e. The normalized spacial score (nSPS) is 20.8. The molecule has 0 radical (unpaired) electrons. The van der Waals surface area contributed by atoms with Crippen molar-refractivity contribution in [2.24, 2.45) is 0 Å². The van der Waals surface area contributed by atoms with Crippen LogP contribution in [0.4, 0.5) is 11.4 Å². The van der Waals surface area contributed by atoms with Gasteiger partial charge in [-0.3, -0.25) is 9.59 Å². The highest BCUT2D eigenvalue weighted by atomic mass is 35.5. The van der Waals surface area contributed by atoms with Crippen molar-refractivity contribution in [1.29, 1.82) is 0 Å². The fraction of sp³-hybridized carbons (Fsp3) is 0.333. The van der Waals surface area contributed by atoms with E-state index in [0.717, 1.165) is 11.4 Å². The van der Waals surface area contributed by atoms with E-state index in [1.807, 2.05) is 24.3 Å². The number of hydrogen-bond donors (Lipinski definition) is 2. The molecule has 2 aliphatic heterocycles. The van der Waals surface area contributed by atoms with Crippen molar-refractivity contribution in [1.82, 2.24) is 5.32 Å². The van der Waals surface area contributed by atoms with E-state index in [-0.39, 0.29) is 23.9 Å². The monoisotopic (exact) mass is 399 g/mol. The Morgan fingerprint density at radius 3 is 2.68 bits per heavy atom. The van der Waals surface area contributed by atoms with Gasteiger partial charge in [-0.2, -0.15) is 0 Å². The Morgan fingerprint density at radius 1 is 1.21 bits per heavy atom. The number of carbonyl (C=O) groups excluding carboxylic acids is 2. The molecule has 1 saturated heterocycles. The van der Waals surface area contributed by atoms with Crippen LogP contribution in [-0.4, -0.2) is 36.0 Å². The number of benzene rings is 2. The van der Waals surface area contributed by atoms with E-state index in [9.17, 15) is 9.59 Å². The summed E-state index contributed by atoms with van der Waals surface area (Å²) in [6, 6.07) is 14.2. The maximum absolute atomic E-state index is 12.8. The summed E-state index contributed by atoms with van der Waals surface area (Å²) in [5, 5.41) is 6.60. The van der Waals surface area contributed by atoms with Gasteiger partial charge in [0.15, 0.2) is 5.60 Å². The van der Waals surface area contributed by atoms with Crippen LogP contribution in [0.1, 0.15) is 20.3 Å². The molecule has 6 nitrogen and oxygen atoms in total. The van der Waals surface area contributed by atoms with Crippen LogP contribution >= 0.6 is 11.6 Å². The van der Waals surface area contributed by atoms with Crippen LogP contribution in [0.2, 0.25) is 5.02 Å². The fourth-order valence-electron chi connectivity index (χ4n) is 3.70. The first-order valence-corrected chi connectivity index (χ1v) is 9.63. The van der Waals surface area contributed by atoms with Gasteiger partial charge in [0.05, 0.1) is 11.4 Å². The molecule has 2 unspecified atom stereocenters. The molecular weight excluding hydrogens is 378 g/mol. The van der Waals surface area contributed by atoms with Crippen molar-refractivity contribution in [2.75, 3.05) is 16.8 Å². The van der Waals surface area contributed by atoms with Gasteiger partial charge >= 0.3 is 0 Å². The summed E-state index contributed by atoms with van der Waals surface area (Å²) >= 11 is 5.89. The zero-order valence-corrected chi connectivity index (χ0v) is 16.5. The second-order valence-electron chi connectivity index (χ2n) is 7.65. The van der Waals surface area contributed by atoms with Crippen molar-refractivity contribution < 1.29 is 14.3 Å². The third-order valence-electron chi connectivity index (χ3n) is 5.14. The van der Waals surface area contributed by atoms with Crippen molar-refractivity contribution >= 4 is 34.8 Å². The molecule has 2 heterocycles. The molecule has 28 heavy (non-hydrogen) atoms. The van der Waals surface area contributed by atoms with Crippen molar-refractivity contribution in [3.63, 3.8) is 0 Å². The molecule has 2 aromatic rings. The van der Waals surface area contributed by atoms with Crippen LogP contribution < -0.4 is 20.3 Å². The number of halogens is 1. The highest BCUT2D eigenvalue weighted by Crippen LogP contribution is 2.36. The van der Waals surface area contributed by atoms with Gasteiger partial charge < -0.3 is 20.3 Å². The number of ether oxygens (including phenoxy) is 1.